The van der Waals surface area contributed by atoms with Crippen LogP contribution in [0.4, 0.5) is 0 Å². The smallest absolute Gasteiger partial charge is 0.226 e. The Bertz CT molecular complexity index is 333. The maximum Gasteiger partial charge on any atom is 0.226 e. The summed E-state index contributed by atoms with van der Waals surface area (Å²) < 4.78 is 0. The van der Waals surface area contributed by atoms with Crippen molar-refractivity contribution in [1.29, 1.82) is 0 Å². The molecule has 0 saturated carbocycles. The van der Waals surface area contributed by atoms with Crippen LogP contribution < -0.4 is 10.6 Å². The molecule has 1 heterocycles. The van der Waals surface area contributed by atoms with Gasteiger partial charge in [-0.25, -0.2) is 0 Å². The van der Waals surface area contributed by atoms with E-state index in [0.29, 0.717) is 0 Å². The summed E-state index contributed by atoms with van der Waals surface area (Å²) in [5.74, 6) is 0.321. The molecule has 3 nitrogen and oxygen atoms in total. The Hall–Kier alpha value is -1.35. The monoisotopic (exact) mass is 204 g/mol. The molecule has 0 bridgehead atoms. The van der Waals surface area contributed by atoms with Crippen molar-refractivity contribution in [3.63, 3.8) is 0 Å². The molecule has 1 aliphatic rings. The van der Waals surface area contributed by atoms with Crippen LogP contribution in [0.25, 0.3) is 0 Å². The minimum atomic E-state index is 0.0966. The van der Waals surface area contributed by atoms with Crippen molar-refractivity contribution in [2.24, 2.45) is 5.92 Å². The van der Waals surface area contributed by atoms with E-state index >= 15 is 0 Å². The number of nitrogens with one attached hydrogen (secondary N) is 2. The third-order valence-electron chi connectivity index (χ3n) is 2.81. The van der Waals surface area contributed by atoms with Gasteiger partial charge in [0.05, 0.1) is 12.0 Å². The van der Waals surface area contributed by atoms with Crippen molar-refractivity contribution in [2.75, 3.05) is 13.1 Å². The van der Waals surface area contributed by atoms with Gasteiger partial charge >= 0.3 is 0 Å². The summed E-state index contributed by atoms with van der Waals surface area (Å²) in [6.45, 7) is 3.64. The van der Waals surface area contributed by atoms with E-state index in [4.69, 9.17) is 0 Å². The van der Waals surface area contributed by atoms with Gasteiger partial charge in [-0.1, -0.05) is 30.3 Å². The summed E-state index contributed by atoms with van der Waals surface area (Å²) in [4.78, 5) is 11.7. The molecule has 1 saturated heterocycles. The maximum absolute atomic E-state index is 11.7. The minimum absolute atomic E-state index is 0.0966. The lowest BCUT2D eigenvalue weighted by Crippen LogP contribution is -2.51. The van der Waals surface area contributed by atoms with Gasteiger partial charge in [-0.15, -0.1) is 0 Å². The van der Waals surface area contributed by atoms with E-state index in [9.17, 15) is 4.79 Å². The standard InChI is InChI=1S/C12H16N2O/c1-9(10-5-3-2-4-6-10)14-12(15)11-7-13-8-11/h2-6,9,11,13H,7-8H2,1H3,(H,14,15)/t9-/m0/s1. The second-order valence-electron chi connectivity index (χ2n) is 4.00. The van der Waals surface area contributed by atoms with Crippen molar-refractivity contribution in [2.45, 2.75) is 13.0 Å². The second-order valence-corrected chi connectivity index (χ2v) is 4.00. The molecule has 1 aromatic rings. The normalized spacial score (nSPS) is 17.9. The Morgan fingerprint density at radius 3 is 2.60 bits per heavy atom. The predicted octanol–water partition coefficient (Wildman–Crippen LogP) is 1.08. The van der Waals surface area contributed by atoms with Gasteiger partial charge in [-0.3, -0.25) is 4.79 Å². The maximum atomic E-state index is 11.7. The van der Waals surface area contributed by atoms with Crippen LogP contribution in [-0.2, 0) is 4.79 Å². The van der Waals surface area contributed by atoms with E-state index in [1.807, 2.05) is 37.3 Å². The van der Waals surface area contributed by atoms with Gasteiger partial charge in [0.1, 0.15) is 0 Å². The van der Waals surface area contributed by atoms with Gasteiger partial charge in [-0.05, 0) is 12.5 Å². The Morgan fingerprint density at radius 2 is 2.07 bits per heavy atom. The van der Waals surface area contributed by atoms with E-state index < -0.39 is 0 Å². The molecule has 2 rings (SSSR count). The fraction of sp³-hybridized carbons (Fsp3) is 0.417. The summed E-state index contributed by atoms with van der Waals surface area (Å²) >= 11 is 0. The molecule has 1 aromatic carbocycles. The van der Waals surface area contributed by atoms with Crippen LogP contribution >= 0.6 is 0 Å². The van der Waals surface area contributed by atoms with Crippen molar-refractivity contribution >= 4 is 5.91 Å². The molecule has 0 aliphatic carbocycles. The largest absolute Gasteiger partial charge is 0.349 e. The van der Waals surface area contributed by atoms with Crippen molar-refractivity contribution in [1.82, 2.24) is 10.6 Å². The molecule has 1 atom stereocenters. The van der Waals surface area contributed by atoms with Gasteiger partial charge in [0.2, 0.25) is 5.91 Å². The number of carbonyl (C=O) groups is 1. The van der Waals surface area contributed by atoms with Crippen LogP contribution in [0.15, 0.2) is 30.3 Å². The van der Waals surface area contributed by atoms with E-state index in [1.165, 1.54) is 0 Å². The SMILES string of the molecule is C[C@H](NC(=O)C1CNC1)c1ccccc1. The molecular weight excluding hydrogens is 188 g/mol. The number of hydrogen-bond donors (Lipinski definition) is 2. The first-order valence-electron chi connectivity index (χ1n) is 5.33. The highest BCUT2D eigenvalue weighted by atomic mass is 16.2. The van der Waals surface area contributed by atoms with Crippen LogP contribution in [0.5, 0.6) is 0 Å². The Balaban J connectivity index is 1.91. The number of amides is 1. The van der Waals surface area contributed by atoms with E-state index in [-0.39, 0.29) is 17.9 Å². The number of carbonyl (C=O) groups excluding carboxylic acids is 1. The van der Waals surface area contributed by atoms with Crippen LogP contribution in [0.2, 0.25) is 0 Å². The fourth-order valence-electron chi connectivity index (χ4n) is 1.63. The molecule has 3 heteroatoms. The summed E-state index contributed by atoms with van der Waals surface area (Å²) in [6.07, 6.45) is 0. The van der Waals surface area contributed by atoms with Crippen molar-refractivity contribution in [3.8, 4) is 0 Å². The summed E-state index contributed by atoms with van der Waals surface area (Å²) in [5, 5.41) is 6.11. The topological polar surface area (TPSA) is 41.1 Å². The van der Waals surface area contributed by atoms with Gasteiger partial charge < -0.3 is 10.6 Å². The lowest BCUT2D eigenvalue weighted by molar-refractivity contribution is -0.127. The van der Waals surface area contributed by atoms with Crippen LogP contribution in [0.3, 0.4) is 0 Å². The number of benzene rings is 1. The molecule has 0 spiro atoms. The van der Waals surface area contributed by atoms with Gasteiger partial charge in [-0.2, -0.15) is 0 Å². The summed E-state index contributed by atoms with van der Waals surface area (Å²) in [7, 11) is 0. The lowest BCUT2D eigenvalue weighted by atomic mass is 10.0. The summed E-state index contributed by atoms with van der Waals surface area (Å²) in [6, 6.07) is 10.1. The van der Waals surface area contributed by atoms with Crippen molar-refractivity contribution < 1.29 is 4.79 Å². The highest BCUT2D eigenvalue weighted by Crippen LogP contribution is 2.13. The van der Waals surface area contributed by atoms with E-state index in [1.54, 1.807) is 0 Å². The molecule has 2 N–H and O–H groups in total. The highest BCUT2D eigenvalue weighted by Gasteiger charge is 2.25. The molecular formula is C12H16N2O. The van der Waals surface area contributed by atoms with E-state index in [2.05, 4.69) is 10.6 Å². The molecule has 1 aliphatic heterocycles. The molecule has 80 valence electrons. The third-order valence-corrected chi connectivity index (χ3v) is 2.81. The molecule has 1 amide bonds. The first-order chi connectivity index (χ1) is 7.27. The molecule has 0 radical (unpaired) electrons. The molecule has 0 aromatic heterocycles. The molecule has 15 heavy (non-hydrogen) atoms. The lowest BCUT2D eigenvalue weighted by Gasteiger charge is -2.27. The third kappa shape index (κ3) is 2.36. The predicted molar refractivity (Wildman–Crippen MR) is 59.4 cm³/mol. The highest BCUT2D eigenvalue weighted by molar-refractivity contribution is 5.80. The van der Waals surface area contributed by atoms with E-state index in [0.717, 1.165) is 18.7 Å². The van der Waals surface area contributed by atoms with Gasteiger partial charge in [0.15, 0.2) is 0 Å². The Kier molecular flexibility index (Phi) is 3.02. The first kappa shape index (κ1) is 10.2. The second kappa shape index (κ2) is 4.45. The molecule has 0 unspecified atom stereocenters. The van der Waals surface area contributed by atoms with Gasteiger partial charge in [0, 0.05) is 13.1 Å². The quantitative estimate of drug-likeness (QED) is 0.773. The van der Waals surface area contributed by atoms with Crippen LogP contribution in [-0.4, -0.2) is 19.0 Å². The van der Waals surface area contributed by atoms with Crippen LogP contribution in [0.1, 0.15) is 18.5 Å². The zero-order valence-corrected chi connectivity index (χ0v) is 8.86. The Labute approximate surface area is 89.9 Å². The minimum Gasteiger partial charge on any atom is -0.349 e. The van der Waals surface area contributed by atoms with Gasteiger partial charge in [0.25, 0.3) is 0 Å². The Morgan fingerprint density at radius 1 is 1.40 bits per heavy atom. The fourth-order valence-corrected chi connectivity index (χ4v) is 1.63. The average molecular weight is 204 g/mol. The van der Waals surface area contributed by atoms with Crippen molar-refractivity contribution in [3.05, 3.63) is 35.9 Å². The number of rotatable bonds is 3. The average Bonchev–Trinajstić information content (AvgIpc) is 2.16. The zero-order valence-electron chi connectivity index (χ0n) is 8.86. The zero-order chi connectivity index (χ0) is 10.7. The van der Waals surface area contributed by atoms with Crippen LogP contribution in [0, 0.1) is 5.92 Å². The number of hydrogen-bond acceptors (Lipinski definition) is 2. The molecule has 1 fully saturated rings. The first-order valence-corrected chi connectivity index (χ1v) is 5.33. The summed E-state index contributed by atoms with van der Waals surface area (Å²) in [5.41, 5.74) is 1.15.